The number of sulfonamides is 1. The molecule has 0 N–H and O–H groups in total. The van der Waals surface area contributed by atoms with Gasteiger partial charge in [-0.1, -0.05) is 6.07 Å². The summed E-state index contributed by atoms with van der Waals surface area (Å²) in [5.74, 6) is -0.327. The van der Waals surface area contributed by atoms with Crippen molar-refractivity contribution in [1.29, 1.82) is 0 Å². The van der Waals surface area contributed by atoms with Crippen molar-refractivity contribution in [3.8, 4) is 0 Å². The van der Waals surface area contributed by atoms with Gasteiger partial charge in [0.2, 0.25) is 10.0 Å². The van der Waals surface area contributed by atoms with Gasteiger partial charge in [-0.05, 0) is 6.07 Å². The minimum atomic E-state index is -3.25. The van der Waals surface area contributed by atoms with E-state index in [1.165, 1.54) is 33.5 Å². The van der Waals surface area contributed by atoms with E-state index < -0.39 is 14.9 Å². The number of amides is 1. The van der Waals surface area contributed by atoms with Gasteiger partial charge in [0.15, 0.2) is 0 Å². The van der Waals surface area contributed by atoms with E-state index in [9.17, 15) is 23.3 Å². The van der Waals surface area contributed by atoms with Gasteiger partial charge in [0.1, 0.15) is 0 Å². The molecule has 1 amide bonds. The highest BCUT2D eigenvalue weighted by atomic mass is 32.2. The summed E-state index contributed by atoms with van der Waals surface area (Å²) in [7, 11) is -3.25. The third kappa shape index (κ3) is 3.56. The predicted octanol–water partition coefficient (Wildman–Crippen LogP) is 0.312. The second-order valence-electron chi connectivity index (χ2n) is 4.76. The molecule has 0 aromatic heterocycles. The average molecular weight is 313 g/mol. The highest BCUT2D eigenvalue weighted by Crippen LogP contribution is 2.16. The SMILES string of the molecule is CS(=O)(=O)N1CCN(C(=O)c2cccc([N+](=O)[O-])c2)CC1. The number of rotatable bonds is 3. The first-order chi connectivity index (χ1) is 9.79. The summed E-state index contributed by atoms with van der Waals surface area (Å²) in [5.41, 5.74) is 0.0904. The molecule has 1 aromatic carbocycles. The Morgan fingerprint density at radius 3 is 2.38 bits per heavy atom. The largest absolute Gasteiger partial charge is 0.336 e. The van der Waals surface area contributed by atoms with E-state index in [2.05, 4.69) is 0 Å². The summed E-state index contributed by atoms with van der Waals surface area (Å²) in [5, 5.41) is 10.7. The molecule has 0 saturated carbocycles. The van der Waals surface area contributed by atoms with Gasteiger partial charge in [0.25, 0.3) is 11.6 Å². The summed E-state index contributed by atoms with van der Waals surface area (Å²) in [6, 6.07) is 5.51. The first-order valence-electron chi connectivity index (χ1n) is 6.28. The summed E-state index contributed by atoms with van der Waals surface area (Å²) < 4.78 is 24.1. The molecule has 9 heteroatoms. The van der Waals surface area contributed by atoms with Gasteiger partial charge in [0, 0.05) is 43.9 Å². The Morgan fingerprint density at radius 1 is 1.24 bits per heavy atom. The molecular formula is C12H15N3O5S. The Hall–Kier alpha value is -2.00. The van der Waals surface area contributed by atoms with E-state index in [1.54, 1.807) is 0 Å². The van der Waals surface area contributed by atoms with Crippen LogP contribution in [0.15, 0.2) is 24.3 Å². The molecule has 1 aliphatic rings. The molecule has 0 unspecified atom stereocenters. The number of benzene rings is 1. The van der Waals surface area contributed by atoms with Gasteiger partial charge in [-0.15, -0.1) is 0 Å². The normalized spacial score (nSPS) is 16.7. The average Bonchev–Trinajstić information content (AvgIpc) is 2.46. The number of hydrogen-bond acceptors (Lipinski definition) is 5. The molecule has 0 radical (unpaired) electrons. The number of carbonyl (C=O) groups excluding carboxylic acids is 1. The Balaban J connectivity index is 2.09. The van der Waals surface area contributed by atoms with E-state index in [4.69, 9.17) is 0 Å². The van der Waals surface area contributed by atoms with Crippen molar-refractivity contribution in [2.75, 3.05) is 32.4 Å². The van der Waals surface area contributed by atoms with Crippen LogP contribution in [0.2, 0.25) is 0 Å². The maximum absolute atomic E-state index is 12.3. The molecule has 21 heavy (non-hydrogen) atoms. The van der Waals surface area contributed by atoms with Gasteiger partial charge >= 0.3 is 0 Å². The molecule has 1 fully saturated rings. The van der Waals surface area contributed by atoms with Crippen LogP contribution in [0.25, 0.3) is 0 Å². The summed E-state index contributed by atoms with van der Waals surface area (Å²) >= 11 is 0. The van der Waals surface area contributed by atoms with E-state index in [1.807, 2.05) is 0 Å². The molecule has 114 valence electrons. The van der Waals surface area contributed by atoms with E-state index in [0.29, 0.717) is 0 Å². The minimum Gasteiger partial charge on any atom is -0.336 e. The van der Waals surface area contributed by atoms with Gasteiger partial charge < -0.3 is 4.90 Å². The Morgan fingerprint density at radius 2 is 1.86 bits per heavy atom. The molecule has 1 heterocycles. The molecule has 0 atom stereocenters. The number of carbonyl (C=O) groups is 1. The van der Waals surface area contributed by atoms with Crippen LogP contribution in [0, 0.1) is 10.1 Å². The van der Waals surface area contributed by atoms with Crippen molar-refractivity contribution in [3.05, 3.63) is 39.9 Å². The molecule has 0 aliphatic carbocycles. The lowest BCUT2D eigenvalue weighted by molar-refractivity contribution is -0.384. The quantitative estimate of drug-likeness (QED) is 0.590. The summed E-state index contributed by atoms with van der Waals surface area (Å²) in [6.45, 7) is 1.02. The van der Waals surface area contributed by atoms with Crippen molar-refractivity contribution < 1.29 is 18.1 Å². The number of nitro groups is 1. The number of non-ortho nitro benzene ring substituents is 1. The Kier molecular flexibility index (Phi) is 4.24. The zero-order chi connectivity index (χ0) is 15.6. The van der Waals surface area contributed by atoms with Crippen LogP contribution >= 0.6 is 0 Å². The summed E-state index contributed by atoms with van der Waals surface area (Å²) in [6.07, 6.45) is 1.13. The highest BCUT2D eigenvalue weighted by molar-refractivity contribution is 7.88. The lowest BCUT2D eigenvalue weighted by Gasteiger charge is -2.33. The highest BCUT2D eigenvalue weighted by Gasteiger charge is 2.27. The van der Waals surface area contributed by atoms with Crippen LogP contribution in [0.1, 0.15) is 10.4 Å². The Labute approximate surface area is 122 Å². The monoisotopic (exact) mass is 313 g/mol. The zero-order valence-corrected chi connectivity index (χ0v) is 12.2. The lowest BCUT2D eigenvalue weighted by Crippen LogP contribution is -2.50. The maximum atomic E-state index is 12.3. The molecule has 0 bridgehead atoms. The van der Waals surface area contributed by atoms with Crippen molar-refractivity contribution >= 4 is 21.6 Å². The topological polar surface area (TPSA) is 101 Å². The second-order valence-corrected chi connectivity index (χ2v) is 6.74. The smallest absolute Gasteiger partial charge is 0.270 e. The van der Waals surface area contributed by atoms with Crippen molar-refractivity contribution in [3.63, 3.8) is 0 Å². The molecule has 0 spiro atoms. The summed E-state index contributed by atoms with van der Waals surface area (Å²) in [4.78, 5) is 23.9. The third-order valence-corrected chi connectivity index (χ3v) is 4.60. The van der Waals surface area contributed by atoms with Gasteiger partial charge in [-0.25, -0.2) is 8.42 Å². The van der Waals surface area contributed by atoms with Crippen molar-refractivity contribution in [2.45, 2.75) is 0 Å². The first-order valence-corrected chi connectivity index (χ1v) is 8.13. The number of piperazine rings is 1. The van der Waals surface area contributed by atoms with Crippen molar-refractivity contribution in [1.82, 2.24) is 9.21 Å². The van der Waals surface area contributed by atoms with Gasteiger partial charge in [0.05, 0.1) is 11.2 Å². The van der Waals surface area contributed by atoms with Gasteiger partial charge in [-0.2, -0.15) is 4.31 Å². The van der Waals surface area contributed by atoms with E-state index in [-0.39, 0.29) is 43.3 Å². The van der Waals surface area contributed by atoms with Crippen molar-refractivity contribution in [2.24, 2.45) is 0 Å². The maximum Gasteiger partial charge on any atom is 0.270 e. The molecule has 1 aromatic rings. The molecule has 1 aliphatic heterocycles. The molecule has 1 saturated heterocycles. The molecule has 8 nitrogen and oxygen atoms in total. The lowest BCUT2D eigenvalue weighted by atomic mass is 10.1. The molecular weight excluding hydrogens is 298 g/mol. The minimum absolute atomic E-state index is 0.143. The fraction of sp³-hybridized carbons (Fsp3) is 0.417. The van der Waals surface area contributed by atoms with Crippen LogP contribution < -0.4 is 0 Å². The van der Waals surface area contributed by atoms with Crippen LogP contribution in [0.3, 0.4) is 0 Å². The number of hydrogen-bond donors (Lipinski definition) is 0. The fourth-order valence-electron chi connectivity index (χ4n) is 2.16. The predicted molar refractivity (Wildman–Crippen MR) is 75.4 cm³/mol. The standard InChI is InChI=1S/C12H15N3O5S/c1-21(19,20)14-7-5-13(6-8-14)12(16)10-3-2-4-11(9-10)15(17)18/h2-4,9H,5-8H2,1H3. The van der Waals surface area contributed by atoms with Crippen LogP contribution in [-0.2, 0) is 10.0 Å². The Bertz CT molecular complexity index is 665. The van der Waals surface area contributed by atoms with Crippen LogP contribution in [-0.4, -0.2) is 60.9 Å². The zero-order valence-electron chi connectivity index (χ0n) is 11.4. The number of nitrogens with zero attached hydrogens (tertiary/aromatic N) is 3. The van der Waals surface area contributed by atoms with Gasteiger partial charge in [-0.3, -0.25) is 14.9 Å². The second kappa shape index (κ2) is 5.78. The van der Waals surface area contributed by atoms with Crippen LogP contribution in [0.4, 0.5) is 5.69 Å². The molecule has 2 rings (SSSR count). The fourth-order valence-corrected chi connectivity index (χ4v) is 2.98. The van der Waals surface area contributed by atoms with Crippen LogP contribution in [0.5, 0.6) is 0 Å². The van der Waals surface area contributed by atoms with E-state index in [0.717, 1.165) is 6.26 Å². The number of nitro benzene ring substituents is 1. The third-order valence-electron chi connectivity index (χ3n) is 3.30. The van der Waals surface area contributed by atoms with E-state index >= 15 is 0 Å². The first kappa shape index (κ1) is 15.4.